The minimum Gasteiger partial charge on any atom is -0.438 e. The minimum absolute atomic E-state index is 0.113. The van der Waals surface area contributed by atoms with Crippen molar-refractivity contribution < 1.29 is 4.74 Å². The third-order valence-corrected chi connectivity index (χ3v) is 4.62. The highest BCUT2D eigenvalue weighted by atomic mass is 79.9. The Bertz CT molecular complexity index is 669. The maximum Gasteiger partial charge on any atom is 0.223 e. The Balaban J connectivity index is 2.09. The van der Waals surface area contributed by atoms with E-state index in [1.807, 2.05) is 18.2 Å². The van der Waals surface area contributed by atoms with Gasteiger partial charge in [-0.3, -0.25) is 5.41 Å². The van der Waals surface area contributed by atoms with Crippen LogP contribution in [0.3, 0.4) is 0 Å². The number of amidine groups is 1. The summed E-state index contributed by atoms with van der Waals surface area (Å²) in [6.45, 7) is 2.06. The minimum atomic E-state index is 0.113. The predicted octanol–water partition coefficient (Wildman–Crippen LogP) is 4.02. The molecule has 108 valence electrons. The van der Waals surface area contributed by atoms with E-state index in [-0.39, 0.29) is 11.1 Å². The lowest BCUT2D eigenvalue weighted by molar-refractivity contribution is 0.431. The zero-order valence-electron chi connectivity index (χ0n) is 11.4. The molecule has 1 atom stereocenters. The molecule has 21 heavy (non-hydrogen) atoms. The number of nitrogens with one attached hydrogen (secondary N) is 1. The molecule has 4 nitrogen and oxygen atoms in total. The first-order chi connectivity index (χ1) is 10.0. The van der Waals surface area contributed by atoms with Crippen molar-refractivity contribution >= 4 is 32.9 Å². The Labute approximate surface area is 135 Å². The molecular formula is C15H14BrN3OS. The molecule has 1 aromatic carbocycles. The van der Waals surface area contributed by atoms with Gasteiger partial charge in [-0.05, 0) is 35.0 Å². The van der Waals surface area contributed by atoms with Gasteiger partial charge in [0, 0.05) is 33.5 Å². The first-order valence-electron chi connectivity index (χ1n) is 6.45. The fourth-order valence-electron chi connectivity index (χ4n) is 2.43. The zero-order chi connectivity index (χ0) is 15.0. The molecule has 1 aliphatic rings. The molecule has 0 fully saturated rings. The largest absolute Gasteiger partial charge is 0.438 e. The average Bonchev–Trinajstić information content (AvgIpc) is 2.44. The standard InChI is InChI=1S/C15H14BrN3OS/c1-8-2-3-13-10(4-8)12(7-21-15(17)18)11-5-9(16)6-19-14(11)20-13/h2-6,12H,7H2,1H3,(H3,17,18)/t12-/m1/s1. The summed E-state index contributed by atoms with van der Waals surface area (Å²) in [4.78, 5) is 4.35. The SMILES string of the molecule is Cc1ccc2c(c1)[C@@H](CSC(=N)N)c1cc(Br)cnc1O2. The van der Waals surface area contributed by atoms with E-state index >= 15 is 0 Å². The second-order valence-electron chi connectivity index (χ2n) is 4.92. The number of benzene rings is 1. The molecule has 0 spiro atoms. The highest BCUT2D eigenvalue weighted by Crippen LogP contribution is 2.45. The number of thioether (sulfide) groups is 1. The summed E-state index contributed by atoms with van der Waals surface area (Å²) in [6, 6.07) is 8.16. The smallest absolute Gasteiger partial charge is 0.223 e. The molecule has 3 N–H and O–H groups in total. The number of nitrogens with two attached hydrogens (primary N) is 1. The van der Waals surface area contributed by atoms with Gasteiger partial charge in [-0.1, -0.05) is 29.5 Å². The van der Waals surface area contributed by atoms with Crippen molar-refractivity contribution in [2.24, 2.45) is 5.73 Å². The van der Waals surface area contributed by atoms with Crippen LogP contribution in [0.2, 0.25) is 0 Å². The van der Waals surface area contributed by atoms with Crippen LogP contribution in [0, 0.1) is 12.3 Å². The van der Waals surface area contributed by atoms with Crippen molar-refractivity contribution in [3.8, 4) is 11.6 Å². The number of pyridine rings is 1. The van der Waals surface area contributed by atoms with E-state index < -0.39 is 0 Å². The first kappa shape index (κ1) is 14.4. The van der Waals surface area contributed by atoms with Crippen molar-refractivity contribution in [1.29, 1.82) is 5.41 Å². The van der Waals surface area contributed by atoms with Gasteiger partial charge in [0.15, 0.2) is 5.17 Å². The van der Waals surface area contributed by atoms with Crippen molar-refractivity contribution in [2.45, 2.75) is 12.8 Å². The van der Waals surface area contributed by atoms with E-state index in [9.17, 15) is 0 Å². The van der Waals surface area contributed by atoms with Crippen LogP contribution in [-0.4, -0.2) is 15.9 Å². The van der Waals surface area contributed by atoms with E-state index in [0.717, 1.165) is 21.3 Å². The molecule has 0 unspecified atom stereocenters. The molecule has 0 radical (unpaired) electrons. The van der Waals surface area contributed by atoms with Crippen LogP contribution < -0.4 is 10.5 Å². The van der Waals surface area contributed by atoms with Crippen molar-refractivity contribution in [3.05, 3.63) is 51.6 Å². The summed E-state index contributed by atoms with van der Waals surface area (Å²) < 4.78 is 6.81. The number of fused-ring (bicyclic) bond motifs is 2. The molecule has 0 saturated carbocycles. The lowest BCUT2D eigenvalue weighted by Crippen LogP contribution is -2.16. The molecule has 0 bridgehead atoms. The lowest BCUT2D eigenvalue weighted by Gasteiger charge is -2.27. The number of hydrogen-bond donors (Lipinski definition) is 2. The summed E-state index contributed by atoms with van der Waals surface area (Å²) in [6.07, 6.45) is 1.73. The molecule has 2 aromatic rings. The van der Waals surface area contributed by atoms with E-state index in [1.165, 1.54) is 17.3 Å². The molecule has 1 aromatic heterocycles. The Morgan fingerprint density at radius 2 is 2.24 bits per heavy atom. The maximum atomic E-state index is 7.45. The Hall–Kier alpha value is -1.53. The lowest BCUT2D eigenvalue weighted by atomic mass is 9.90. The van der Waals surface area contributed by atoms with Gasteiger partial charge in [0.1, 0.15) is 5.75 Å². The summed E-state index contributed by atoms with van der Waals surface area (Å²) in [5.41, 5.74) is 8.83. The Morgan fingerprint density at radius 1 is 1.43 bits per heavy atom. The monoisotopic (exact) mass is 363 g/mol. The molecule has 6 heteroatoms. The molecule has 2 heterocycles. The van der Waals surface area contributed by atoms with Crippen molar-refractivity contribution in [2.75, 3.05) is 5.75 Å². The third kappa shape index (κ3) is 2.91. The molecular weight excluding hydrogens is 350 g/mol. The number of rotatable bonds is 2. The molecule has 0 amide bonds. The van der Waals surface area contributed by atoms with Gasteiger partial charge in [-0.25, -0.2) is 4.98 Å². The second kappa shape index (κ2) is 5.69. The van der Waals surface area contributed by atoms with Crippen LogP contribution in [0.5, 0.6) is 11.6 Å². The summed E-state index contributed by atoms with van der Waals surface area (Å²) >= 11 is 4.80. The quantitative estimate of drug-likeness (QED) is 0.624. The number of halogens is 1. The molecule has 3 rings (SSSR count). The van der Waals surface area contributed by atoms with Crippen LogP contribution in [0.15, 0.2) is 34.9 Å². The highest BCUT2D eigenvalue weighted by Gasteiger charge is 2.28. The van der Waals surface area contributed by atoms with Gasteiger partial charge in [0.25, 0.3) is 0 Å². The summed E-state index contributed by atoms with van der Waals surface area (Å²) in [5.74, 6) is 2.27. The van der Waals surface area contributed by atoms with Crippen molar-refractivity contribution in [3.63, 3.8) is 0 Å². The van der Waals surface area contributed by atoms with Crippen LogP contribution in [0.25, 0.3) is 0 Å². The summed E-state index contributed by atoms with van der Waals surface area (Å²) in [7, 11) is 0. The van der Waals surface area contributed by atoms with E-state index in [4.69, 9.17) is 15.9 Å². The van der Waals surface area contributed by atoms with E-state index in [1.54, 1.807) is 6.20 Å². The highest BCUT2D eigenvalue weighted by molar-refractivity contribution is 9.10. The second-order valence-corrected chi connectivity index (χ2v) is 6.90. The number of nitrogens with zero attached hydrogens (tertiary/aromatic N) is 1. The van der Waals surface area contributed by atoms with Gasteiger partial charge < -0.3 is 10.5 Å². The average molecular weight is 364 g/mol. The van der Waals surface area contributed by atoms with Crippen molar-refractivity contribution in [1.82, 2.24) is 4.98 Å². The number of aryl methyl sites for hydroxylation is 1. The van der Waals surface area contributed by atoms with E-state index in [0.29, 0.717) is 11.6 Å². The van der Waals surface area contributed by atoms with Crippen LogP contribution in [0.1, 0.15) is 22.6 Å². The van der Waals surface area contributed by atoms with Gasteiger partial charge in [0.2, 0.25) is 5.88 Å². The fourth-order valence-corrected chi connectivity index (χ4v) is 3.49. The number of hydrogen-bond acceptors (Lipinski definition) is 4. The number of ether oxygens (including phenoxy) is 1. The number of aromatic nitrogens is 1. The van der Waals surface area contributed by atoms with Crippen LogP contribution in [0.4, 0.5) is 0 Å². The normalized spacial score (nSPS) is 15.8. The predicted molar refractivity (Wildman–Crippen MR) is 89.4 cm³/mol. The topological polar surface area (TPSA) is 72.0 Å². The Kier molecular flexibility index (Phi) is 3.91. The zero-order valence-corrected chi connectivity index (χ0v) is 13.8. The molecule has 0 aliphatic carbocycles. The molecule has 1 aliphatic heterocycles. The maximum absolute atomic E-state index is 7.45. The fraction of sp³-hybridized carbons (Fsp3) is 0.200. The van der Waals surface area contributed by atoms with Gasteiger partial charge in [0.05, 0.1) is 0 Å². The van der Waals surface area contributed by atoms with Crippen LogP contribution >= 0.6 is 27.7 Å². The third-order valence-electron chi connectivity index (χ3n) is 3.37. The first-order valence-corrected chi connectivity index (χ1v) is 8.23. The summed E-state index contributed by atoms with van der Waals surface area (Å²) in [5, 5.41) is 7.58. The van der Waals surface area contributed by atoms with Gasteiger partial charge >= 0.3 is 0 Å². The Morgan fingerprint density at radius 3 is 3.00 bits per heavy atom. The van der Waals surface area contributed by atoms with Gasteiger partial charge in [-0.2, -0.15) is 0 Å². The molecule has 0 saturated heterocycles. The van der Waals surface area contributed by atoms with Gasteiger partial charge in [-0.15, -0.1) is 0 Å². The van der Waals surface area contributed by atoms with E-state index in [2.05, 4.69) is 33.9 Å². The van der Waals surface area contributed by atoms with Crippen LogP contribution in [-0.2, 0) is 0 Å².